The molecular weight excluding hydrogens is 693 g/mol. The molecule has 50 heavy (non-hydrogen) atoms. The van der Waals surface area contributed by atoms with Crippen LogP contribution in [0, 0.1) is 11.6 Å². The number of ether oxygens (including phenoxy) is 2. The van der Waals surface area contributed by atoms with Crippen LogP contribution in [0.2, 0.25) is 0 Å². The van der Waals surface area contributed by atoms with Crippen molar-refractivity contribution < 1.29 is 41.8 Å². The second-order valence-electron chi connectivity index (χ2n) is 12.3. The zero-order valence-corrected chi connectivity index (χ0v) is 28.6. The summed E-state index contributed by atoms with van der Waals surface area (Å²) in [5.74, 6) is -3.73. The number of halogens is 2. The van der Waals surface area contributed by atoms with Crippen LogP contribution in [0.4, 0.5) is 8.78 Å². The van der Waals surface area contributed by atoms with Gasteiger partial charge in [0.05, 0.1) is 33.0 Å². The van der Waals surface area contributed by atoms with Gasteiger partial charge >= 0.3 is 14.1 Å². The predicted octanol–water partition coefficient (Wildman–Crippen LogP) is 4.76. The third kappa shape index (κ3) is 5.06. The molecule has 3 unspecified atom stereocenters. The fraction of sp³-hybridized carbons (Fsp3) is 0.324. The number of fused-ring (bicyclic) bond motifs is 7. The van der Waals surface area contributed by atoms with Crippen molar-refractivity contribution in [3.05, 3.63) is 98.8 Å². The smallest absolute Gasteiger partial charge is 0.468 e. The van der Waals surface area contributed by atoms with Crippen LogP contribution in [-0.2, 0) is 18.8 Å². The Bertz CT molecular complexity index is 2110. The number of aromatic nitrogens is 1. The summed E-state index contributed by atoms with van der Waals surface area (Å²) >= 11 is 1.40. The Morgan fingerprint density at radius 1 is 1.12 bits per heavy atom. The largest absolute Gasteiger partial charge is 0.545 e. The number of esters is 1. The van der Waals surface area contributed by atoms with Crippen LogP contribution in [0.1, 0.15) is 47.4 Å². The maximum absolute atomic E-state index is 16.0. The van der Waals surface area contributed by atoms with Crippen LogP contribution >= 0.6 is 19.4 Å². The number of hydrogen-bond acceptors (Lipinski definition) is 11. The molecule has 2 fully saturated rings. The van der Waals surface area contributed by atoms with Crippen molar-refractivity contribution in [2.24, 2.45) is 0 Å². The van der Waals surface area contributed by atoms with Gasteiger partial charge in [0.15, 0.2) is 22.9 Å². The number of amides is 1. The molecule has 3 atom stereocenters. The lowest BCUT2D eigenvalue weighted by molar-refractivity contribution is -0.144. The lowest BCUT2D eigenvalue weighted by atomic mass is 9.92. The Labute approximate surface area is 289 Å². The average molecular weight is 726 g/mol. The second kappa shape index (κ2) is 12.2. The highest BCUT2D eigenvalue weighted by molar-refractivity contribution is 7.59. The number of thiophene rings is 1. The van der Waals surface area contributed by atoms with Gasteiger partial charge in [-0.1, -0.05) is 35.4 Å². The number of benzene rings is 2. The van der Waals surface area contributed by atoms with E-state index in [-0.39, 0.29) is 37.6 Å². The SMILES string of the molecule is CCO[P+](O)(NC1(C(=O)OC)CC1)Oc1c2n(ccc1=O)N(C1c3ccccc3-c3sccc3-c3c1ccc(F)c3F)C1COCCN1C2=O. The van der Waals surface area contributed by atoms with Gasteiger partial charge in [-0.05, 0) is 54.0 Å². The van der Waals surface area contributed by atoms with Crippen LogP contribution in [-0.4, -0.2) is 71.5 Å². The normalized spacial score (nSPS) is 21.1. The number of pyridine rings is 1. The Balaban J connectivity index is 1.35. The topological polar surface area (TPSA) is 132 Å². The van der Waals surface area contributed by atoms with Crippen LogP contribution < -0.4 is 20.0 Å². The Morgan fingerprint density at radius 2 is 1.92 bits per heavy atom. The van der Waals surface area contributed by atoms with Gasteiger partial charge in [0.1, 0.15) is 6.17 Å². The van der Waals surface area contributed by atoms with Gasteiger partial charge in [-0.3, -0.25) is 23.8 Å². The number of nitrogens with zero attached hydrogens (tertiary/aromatic N) is 3. The van der Waals surface area contributed by atoms with Crippen LogP contribution in [0.3, 0.4) is 0 Å². The molecule has 2 N–H and O–H groups in total. The van der Waals surface area contributed by atoms with Gasteiger partial charge < -0.3 is 14.4 Å². The molecule has 0 radical (unpaired) electrons. The molecule has 2 aromatic heterocycles. The van der Waals surface area contributed by atoms with Crippen molar-refractivity contribution in [2.45, 2.75) is 37.5 Å². The summed E-state index contributed by atoms with van der Waals surface area (Å²) in [5, 5.41) is 6.41. The Hall–Kier alpha value is -4.24. The summed E-state index contributed by atoms with van der Waals surface area (Å²) < 4.78 is 55.0. The van der Waals surface area contributed by atoms with E-state index in [4.69, 9.17) is 18.5 Å². The summed E-state index contributed by atoms with van der Waals surface area (Å²) in [6.07, 6.45) is 1.31. The molecule has 4 aromatic rings. The molecular formula is C34H32F2N4O8PS+. The number of morpholine rings is 1. The highest BCUT2D eigenvalue weighted by Crippen LogP contribution is 2.58. The first-order valence-corrected chi connectivity index (χ1v) is 18.5. The fourth-order valence-electron chi connectivity index (χ4n) is 7.12. The molecule has 1 saturated carbocycles. The minimum atomic E-state index is -4.23. The van der Waals surface area contributed by atoms with Crippen molar-refractivity contribution in [3.8, 4) is 27.3 Å². The summed E-state index contributed by atoms with van der Waals surface area (Å²) in [6, 6.07) is 12.3. The lowest BCUT2D eigenvalue weighted by Crippen LogP contribution is -2.66. The van der Waals surface area contributed by atoms with Crippen molar-refractivity contribution in [3.63, 3.8) is 0 Å². The van der Waals surface area contributed by atoms with Gasteiger partial charge in [0, 0.05) is 34.8 Å². The molecule has 8 rings (SSSR count). The first kappa shape index (κ1) is 32.9. The Kier molecular flexibility index (Phi) is 8.05. The number of carbonyl (C=O) groups is 2. The van der Waals surface area contributed by atoms with Gasteiger partial charge in [-0.25, -0.2) is 13.6 Å². The Morgan fingerprint density at radius 3 is 2.68 bits per heavy atom. The van der Waals surface area contributed by atoms with E-state index in [1.807, 2.05) is 29.6 Å². The van der Waals surface area contributed by atoms with Crippen LogP contribution in [0.15, 0.2) is 64.9 Å². The molecule has 16 heteroatoms. The van der Waals surface area contributed by atoms with Gasteiger partial charge in [0.2, 0.25) is 5.43 Å². The molecule has 0 bridgehead atoms. The zero-order valence-electron chi connectivity index (χ0n) is 26.9. The highest BCUT2D eigenvalue weighted by atomic mass is 32.1. The standard InChI is InChI=1S/C34H32F2N4O8PS/c1-3-47-49(44,37-34(12-13-34)33(43)45-2)48-30-24(41)10-14-39-29(30)32(42)38-15-16-46-18-25(38)40(39)28-19-6-4-5-7-20(19)31-22(11-17-50-31)26-21(28)8-9-23(35)27(26)36/h4-11,14,17,25,28,37,44H,3,12-13,15-16,18H2,1-2H3/q+1. The van der Waals surface area contributed by atoms with E-state index >= 15 is 8.78 Å². The average Bonchev–Trinajstić information content (AvgIpc) is 3.76. The number of nitrogens with one attached hydrogen (secondary N) is 1. The van der Waals surface area contributed by atoms with Crippen molar-refractivity contribution in [1.29, 1.82) is 0 Å². The third-order valence-electron chi connectivity index (χ3n) is 9.48. The summed E-state index contributed by atoms with van der Waals surface area (Å²) in [6.45, 7) is 1.96. The molecule has 4 aliphatic rings. The monoisotopic (exact) mass is 725 g/mol. The van der Waals surface area contributed by atoms with E-state index in [0.29, 0.717) is 24.0 Å². The minimum absolute atomic E-state index is 0.0572. The molecule has 1 saturated heterocycles. The summed E-state index contributed by atoms with van der Waals surface area (Å²) in [7, 11) is -3.01. The molecule has 2 aliphatic heterocycles. The summed E-state index contributed by atoms with van der Waals surface area (Å²) in [4.78, 5) is 54.7. The highest BCUT2D eigenvalue weighted by Gasteiger charge is 2.63. The molecule has 1 amide bonds. The third-order valence-corrected chi connectivity index (χ3v) is 12.2. The molecule has 4 heterocycles. The molecule has 2 aromatic carbocycles. The van der Waals surface area contributed by atoms with Gasteiger partial charge in [-0.2, -0.15) is 9.42 Å². The fourth-order valence-corrected chi connectivity index (χ4v) is 9.86. The first-order chi connectivity index (χ1) is 24.1. The van der Waals surface area contributed by atoms with E-state index in [2.05, 4.69) is 5.09 Å². The molecule has 0 spiro atoms. The maximum Gasteiger partial charge on any atom is 0.545 e. The van der Waals surface area contributed by atoms with Crippen molar-refractivity contribution in [1.82, 2.24) is 14.7 Å². The van der Waals surface area contributed by atoms with E-state index in [0.717, 1.165) is 22.1 Å². The molecule has 260 valence electrons. The van der Waals surface area contributed by atoms with Crippen molar-refractivity contribution in [2.75, 3.05) is 38.5 Å². The van der Waals surface area contributed by atoms with E-state index in [1.165, 1.54) is 46.4 Å². The number of hydrogen-bond donors (Lipinski definition) is 2. The van der Waals surface area contributed by atoms with Crippen molar-refractivity contribution >= 4 is 31.3 Å². The number of rotatable bonds is 8. The first-order valence-electron chi connectivity index (χ1n) is 16.0. The number of methoxy groups -OCH3 is 1. The van der Waals surface area contributed by atoms with E-state index in [1.54, 1.807) is 18.0 Å². The quantitative estimate of drug-likeness (QED) is 0.194. The second-order valence-corrected chi connectivity index (χ2v) is 15.0. The molecule has 2 aliphatic carbocycles. The van der Waals surface area contributed by atoms with Gasteiger partial charge in [0.25, 0.3) is 11.7 Å². The van der Waals surface area contributed by atoms with E-state index in [9.17, 15) is 19.3 Å². The summed E-state index contributed by atoms with van der Waals surface area (Å²) in [5.41, 5.74) is 0.334. The number of carbonyl (C=O) groups excluding carboxylic acids is 2. The molecule has 12 nitrogen and oxygen atoms in total. The lowest BCUT2D eigenvalue weighted by Gasteiger charge is -2.51. The maximum atomic E-state index is 16.0. The van der Waals surface area contributed by atoms with Gasteiger partial charge in [-0.15, -0.1) is 11.3 Å². The minimum Gasteiger partial charge on any atom is -0.468 e. The zero-order chi connectivity index (χ0) is 34.9. The van der Waals surface area contributed by atoms with Crippen LogP contribution in [0.5, 0.6) is 5.75 Å². The predicted molar refractivity (Wildman–Crippen MR) is 180 cm³/mol. The van der Waals surface area contributed by atoms with Crippen LogP contribution in [0.25, 0.3) is 21.6 Å². The van der Waals surface area contributed by atoms with E-state index < -0.39 is 60.5 Å².